The van der Waals surface area contributed by atoms with Crippen LogP contribution in [0.3, 0.4) is 0 Å². The summed E-state index contributed by atoms with van der Waals surface area (Å²) in [7, 11) is -3.70. The number of rotatable bonds is 3. The number of nitrogens with one attached hydrogen (secondary N) is 1. The average molecular weight is 291 g/mol. The van der Waals surface area contributed by atoms with Crippen molar-refractivity contribution in [2.24, 2.45) is 0 Å². The van der Waals surface area contributed by atoms with Crippen LogP contribution in [0.5, 0.6) is 0 Å². The van der Waals surface area contributed by atoms with E-state index in [0.717, 1.165) is 11.3 Å². The zero-order valence-corrected chi connectivity index (χ0v) is 10.7. The van der Waals surface area contributed by atoms with Crippen LogP contribution in [0.4, 0.5) is 10.8 Å². The zero-order chi connectivity index (χ0) is 12.5. The van der Waals surface area contributed by atoms with E-state index in [-0.39, 0.29) is 15.7 Å². The Morgan fingerprint density at radius 2 is 2.18 bits per heavy atom. The number of nitrogens with two attached hydrogens (primary N) is 1. The monoisotopic (exact) mass is 290 g/mol. The molecule has 3 N–H and O–H groups in total. The van der Waals surface area contributed by atoms with Gasteiger partial charge >= 0.3 is 0 Å². The van der Waals surface area contributed by atoms with Gasteiger partial charge in [0.2, 0.25) is 5.13 Å². The van der Waals surface area contributed by atoms with E-state index in [1.165, 1.54) is 23.7 Å². The first-order valence-corrected chi connectivity index (χ1v) is 7.07. The van der Waals surface area contributed by atoms with Crippen molar-refractivity contribution in [3.63, 3.8) is 0 Å². The highest BCUT2D eigenvalue weighted by atomic mass is 35.5. The van der Waals surface area contributed by atoms with E-state index < -0.39 is 10.0 Å². The summed E-state index contributed by atoms with van der Waals surface area (Å²) in [4.78, 5) is 0.0228. The normalized spacial score (nSPS) is 11.4. The molecule has 1 heterocycles. The lowest BCUT2D eigenvalue weighted by molar-refractivity contribution is 0.601. The first kappa shape index (κ1) is 12.1. The standard InChI is InChI=1S/C8H7ClN4O2S2/c9-6-2-1-5(3-7(6)10)17(14,15)13-8-12-11-4-16-8/h1-4H,10H2,(H,12,13). The summed E-state index contributed by atoms with van der Waals surface area (Å²) in [5, 5.41) is 7.61. The number of anilines is 2. The SMILES string of the molecule is Nc1cc(S(=O)(=O)Nc2nncs2)ccc1Cl. The van der Waals surface area contributed by atoms with Gasteiger partial charge in [-0.1, -0.05) is 22.9 Å². The van der Waals surface area contributed by atoms with Crippen LogP contribution in [-0.4, -0.2) is 18.6 Å². The molecule has 0 atom stereocenters. The van der Waals surface area contributed by atoms with Crippen molar-refractivity contribution in [1.29, 1.82) is 0 Å². The molecule has 17 heavy (non-hydrogen) atoms. The molecule has 0 saturated heterocycles. The minimum Gasteiger partial charge on any atom is -0.397 e. The van der Waals surface area contributed by atoms with Crippen LogP contribution in [0, 0.1) is 0 Å². The predicted octanol–water partition coefficient (Wildman–Crippen LogP) is 1.57. The summed E-state index contributed by atoms with van der Waals surface area (Å²) in [6.45, 7) is 0. The molecule has 1 aromatic heterocycles. The van der Waals surface area contributed by atoms with E-state index in [1.807, 2.05) is 0 Å². The van der Waals surface area contributed by atoms with E-state index >= 15 is 0 Å². The summed E-state index contributed by atoms with van der Waals surface area (Å²) in [6, 6.07) is 4.07. The number of nitrogen functional groups attached to an aromatic ring is 1. The van der Waals surface area contributed by atoms with Gasteiger partial charge in [-0.3, -0.25) is 4.72 Å². The Hall–Kier alpha value is -1.38. The highest BCUT2D eigenvalue weighted by Crippen LogP contribution is 2.24. The predicted molar refractivity (Wildman–Crippen MR) is 66.6 cm³/mol. The fourth-order valence-corrected chi connectivity index (χ4v) is 2.93. The fourth-order valence-electron chi connectivity index (χ4n) is 1.08. The van der Waals surface area contributed by atoms with Gasteiger partial charge in [-0.05, 0) is 18.2 Å². The molecule has 0 aliphatic carbocycles. The lowest BCUT2D eigenvalue weighted by Crippen LogP contribution is -2.13. The third-order valence-electron chi connectivity index (χ3n) is 1.86. The summed E-state index contributed by atoms with van der Waals surface area (Å²) in [6.07, 6.45) is 0. The van der Waals surface area contributed by atoms with Gasteiger partial charge in [0.05, 0.1) is 15.6 Å². The molecule has 0 aliphatic rings. The number of halogens is 1. The second-order valence-corrected chi connectivity index (χ2v) is 5.96. The Labute approximate surface area is 106 Å². The Morgan fingerprint density at radius 3 is 2.76 bits per heavy atom. The molecule has 0 aliphatic heterocycles. The van der Waals surface area contributed by atoms with Crippen LogP contribution in [0.1, 0.15) is 0 Å². The molecular weight excluding hydrogens is 284 g/mol. The second-order valence-electron chi connectivity index (χ2n) is 3.03. The third-order valence-corrected chi connectivity index (χ3v) is 4.28. The van der Waals surface area contributed by atoms with Gasteiger partial charge in [0.25, 0.3) is 10.0 Å². The Balaban J connectivity index is 2.35. The number of hydrogen-bond acceptors (Lipinski definition) is 6. The van der Waals surface area contributed by atoms with Crippen molar-refractivity contribution >= 4 is 43.8 Å². The second kappa shape index (κ2) is 4.47. The number of sulfonamides is 1. The first-order valence-electron chi connectivity index (χ1n) is 4.33. The van der Waals surface area contributed by atoms with Gasteiger partial charge in [-0.25, -0.2) is 8.42 Å². The molecule has 2 rings (SSSR count). The van der Waals surface area contributed by atoms with Crippen molar-refractivity contribution < 1.29 is 8.42 Å². The number of benzene rings is 1. The van der Waals surface area contributed by atoms with Crippen molar-refractivity contribution in [2.75, 3.05) is 10.5 Å². The Bertz CT molecular complexity index is 627. The van der Waals surface area contributed by atoms with Gasteiger partial charge in [-0.2, -0.15) is 0 Å². The first-order chi connectivity index (χ1) is 7.99. The van der Waals surface area contributed by atoms with Gasteiger partial charge < -0.3 is 5.73 Å². The summed E-state index contributed by atoms with van der Waals surface area (Å²) in [5.74, 6) is 0. The molecule has 1 aromatic carbocycles. The highest BCUT2D eigenvalue weighted by molar-refractivity contribution is 7.93. The molecule has 90 valence electrons. The van der Waals surface area contributed by atoms with Gasteiger partial charge in [0.1, 0.15) is 5.51 Å². The topological polar surface area (TPSA) is 98.0 Å². The zero-order valence-electron chi connectivity index (χ0n) is 8.29. The lowest BCUT2D eigenvalue weighted by atomic mass is 10.3. The average Bonchev–Trinajstić information content (AvgIpc) is 2.73. The molecule has 0 bridgehead atoms. The highest BCUT2D eigenvalue weighted by Gasteiger charge is 2.16. The quantitative estimate of drug-likeness (QED) is 0.836. The molecule has 0 amide bonds. The largest absolute Gasteiger partial charge is 0.397 e. The van der Waals surface area contributed by atoms with E-state index in [4.69, 9.17) is 17.3 Å². The van der Waals surface area contributed by atoms with Crippen LogP contribution < -0.4 is 10.5 Å². The van der Waals surface area contributed by atoms with Gasteiger partial charge in [0, 0.05) is 0 Å². The van der Waals surface area contributed by atoms with Crippen molar-refractivity contribution in [2.45, 2.75) is 4.90 Å². The van der Waals surface area contributed by atoms with Crippen LogP contribution in [0.15, 0.2) is 28.6 Å². The third kappa shape index (κ3) is 2.65. The van der Waals surface area contributed by atoms with E-state index in [1.54, 1.807) is 0 Å². The molecule has 0 radical (unpaired) electrons. The van der Waals surface area contributed by atoms with E-state index in [2.05, 4.69) is 14.9 Å². The van der Waals surface area contributed by atoms with Crippen LogP contribution in [-0.2, 0) is 10.0 Å². The Kier molecular flexibility index (Phi) is 3.18. The van der Waals surface area contributed by atoms with Crippen LogP contribution in [0.2, 0.25) is 5.02 Å². The minimum atomic E-state index is -3.70. The molecular formula is C8H7ClN4O2S2. The summed E-state index contributed by atoms with van der Waals surface area (Å²) < 4.78 is 26.1. The molecule has 0 saturated carbocycles. The van der Waals surface area contributed by atoms with Crippen molar-refractivity contribution in [3.05, 3.63) is 28.7 Å². The van der Waals surface area contributed by atoms with Crippen molar-refractivity contribution in [3.8, 4) is 0 Å². The van der Waals surface area contributed by atoms with E-state index in [0.29, 0.717) is 5.02 Å². The van der Waals surface area contributed by atoms with Crippen molar-refractivity contribution in [1.82, 2.24) is 10.2 Å². The van der Waals surface area contributed by atoms with E-state index in [9.17, 15) is 8.42 Å². The number of nitrogens with zero attached hydrogens (tertiary/aromatic N) is 2. The maximum Gasteiger partial charge on any atom is 0.263 e. The smallest absolute Gasteiger partial charge is 0.263 e. The lowest BCUT2D eigenvalue weighted by Gasteiger charge is -2.06. The molecule has 9 heteroatoms. The number of aromatic nitrogens is 2. The molecule has 6 nitrogen and oxygen atoms in total. The van der Waals surface area contributed by atoms with Gasteiger partial charge in [0.15, 0.2) is 0 Å². The Morgan fingerprint density at radius 1 is 1.41 bits per heavy atom. The van der Waals surface area contributed by atoms with Gasteiger partial charge in [-0.15, -0.1) is 10.2 Å². The molecule has 0 fully saturated rings. The summed E-state index contributed by atoms with van der Waals surface area (Å²) >= 11 is 6.79. The molecule has 0 unspecified atom stereocenters. The number of hydrogen-bond donors (Lipinski definition) is 2. The van der Waals surface area contributed by atoms with Crippen LogP contribution >= 0.6 is 22.9 Å². The molecule has 2 aromatic rings. The maximum atomic E-state index is 11.9. The van der Waals surface area contributed by atoms with Crippen LogP contribution in [0.25, 0.3) is 0 Å². The summed E-state index contributed by atoms with van der Waals surface area (Å²) in [5.41, 5.74) is 7.17. The molecule has 0 spiro atoms. The fraction of sp³-hybridized carbons (Fsp3) is 0. The maximum absolute atomic E-state index is 11.9. The minimum absolute atomic E-state index is 0.0228.